The summed E-state index contributed by atoms with van der Waals surface area (Å²) in [6.07, 6.45) is 2.64. The number of hydrogen-bond acceptors (Lipinski definition) is 2. The van der Waals surface area contributed by atoms with Crippen molar-refractivity contribution in [3.8, 4) is 0 Å². The summed E-state index contributed by atoms with van der Waals surface area (Å²) in [6.45, 7) is 3.18. The average molecular weight is 191 g/mol. The Bertz CT molecular complexity index is 276. The van der Waals surface area contributed by atoms with Crippen LogP contribution in [0.15, 0.2) is 24.3 Å². The fourth-order valence-corrected chi connectivity index (χ4v) is 1.77. The summed E-state index contributed by atoms with van der Waals surface area (Å²) < 4.78 is 0. The predicted octanol–water partition coefficient (Wildman–Crippen LogP) is 0.730. The van der Waals surface area contributed by atoms with Crippen molar-refractivity contribution in [3.63, 3.8) is 0 Å². The van der Waals surface area contributed by atoms with Crippen molar-refractivity contribution in [1.82, 2.24) is 5.32 Å². The first-order chi connectivity index (χ1) is 6.79. The van der Waals surface area contributed by atoms with Crippen LogP contribution in [0.25, 0.3) is 0 Å². The van der Waals surface area contributed by atoms with Gasteiger partial charge in [-0.15, -0.1) is 0 Å². The molecule has 0 bridgehead atoms. The van der Waals surface area contributed by atoms with Crippen LogP contribution in [-0.2, 0) is 6.42 Å². The van der Waals surface area contributed by atoms with Gasteiger partial charge in [0.05, 0.1) is 6.73 Å². The first-order valence-corrected chi connectivity index (χ1v) is 5.12. The quantitative estimate of drug-likeness (QED) is 0.506. The van der Waals surface area contributed by atoms with Crippen LogP contribution in [0.2, 0.25) is 13.1 Å². The number of aryl methyl sites for hydroxylation is 1. The minimum absolute atomic E-state index is 0.0694. The van der Waals surface area contributed by atoms with E-state index in [-0.39, 0.29) is 6.73 Å². The Morgan fingerprint density at radius 2 is 2.07 bits per heavy atom. The Hall–Kier alpha value is -0.795. The van der Waals surface area contributed by atoms with Crippen molar-refractivity contribution in [1.29, 1.82) is 0 Å². The van der Waals surface area contributed by atoms with E-state index >= 15 is 0 Å². The van der Waals surface area contributed by atoms with Gasteiger partial charge in [-0.3, -0.25) is 5.32 Å². The van der Waals surface area contributed by atoms with Gasteiger partial charge in [0.1, 0.15) is 0 Å². The molecule has 0 atom stereocenters. The number of fused-ring (bicyclic) bond motifs is 1. The molecule has 0 aliphatic carbocycles. The van der Waals surface area contributed by atoms with Crippen molar-refractivity contribution < 1.29 is 5.11 Å². The van der Waals surface area contributed by atoms with Crippen molar-refractivity contribution in [3.05, 3.63) is 29.8 Å². The second-order valence-corrected chi connectivity index (χ2v) is 3.65. The molecule has 2 rings (SSSR count). The van der Waals surface area contributed by atoms with Crippen LogP contribution in [0.5, 0.6) is 0 Å². The molecule has 2 N–H and O–H groups in total. The van der Waals surface area contributed by atoms with Crippen molar-refractivity contribution in [2.24, 2.45) is 0 Å². The van der Waals surface area contributed by atoms with Gasteiger partial charge in [-0.25, -0.2) is 0 Å². The van der Waals surface area contributed by atoms with Crippen LogP contribution in [0.4, 0.5) is 0 Å². The highest BCUT2D eigenvalue weighted by Gasteiger charge is 2.19. The third kappa shape index (κ3) is 2.86. The fourth-order valence-electron chi connectivity index (χ4n) is 1.77. The molecule has 3 heteroatoms. The van der Waals surface area contributed by atoms with E-state index in [2.05, 4.69) is 36.4 Å². The maximum atomic E-state index is 7.76. The Morgan fingerprint density at radius 3 is 2.64 bits per heavy atom. The molecule has 1 aliphatic rings. The van der Waals surface area contributed by atoms with Crippen LogP contribution < -0.4 is 10.8 Å². The van der Waals surface area contributed by atoms with Crippen LogP contribution in [0.3, 0.4) is 0 Å². The van der Waals surface area contributed by atoms with Gasteiger partial charge < -0.3 is 5.11 Å². The van der Waals surface area contributed by atoms with E-state index in [1.165, 1.54) is 12.7 Å². The zero-order chi connectivity index (χ0) is 10.4. The summed E-state index contributed by atoms with van der Waals surface area (Å²) in [5, 5.41) is 10.2. The second kappa shape index (κ2) is 5.84. The normalized spacial score (nSPS) is 13.2. The van der Waals surface area contributed by atoms with Gasteiger partial charge in [0.15, 0.2) is 6.71 Å². The molecule has 1 aromatic rings. The summed E-state index contributed by atoms with van der Waals surface area (Å²) in [5.74, 6) is 0. The molecule has 1 aromatic carbocycles. The van der Waals surface area contributed by atoms with E-state index in [9.17, 15) is 0 Å². The number of aliphatic hydroxyl groups excluding tert-OH is 1. The third-order valence-corrected chi connectivity index (χ3v) is 2.59. The Balaban J connectivity index is 0.000000213. The summed E-state index contributed by atoms with van der Waals surface area (Å²) in [5.41, 5.74) is 3.14. The Labute approximate surface area is 86.4 Å². The van der Waals surface area contributed by atoms with Crippen molar-refractivity contribution in [2.75, 3.05) is 13.8 Å². The lowest BCUT2D eigenvalue weighted by Crippen LogP contribution is -2.21. The highest BCUT2D eigenvalue weighted by molar-refractivity contribution is 6.73. The van der Waals surface area contributed by atoms with Gasteiger partial charge in [0, 0.05) is 0 Å². The van der Waals surface area contributed by atoms with Crippen LogP contribution in [0, 0.1) is 0 Å². The number of hydrogen-bond donors (Lipinski definition) is 2. The lowest BCUT2D eigenvalue weighted by molar-refractivity contribution is 0.273. The lowest BCUT2D eigenvalue weighted by atomic mass is 9.48. The first kappa shape index (κ1) is 11.3. The predicted molar refractivity (Wildman–Crippen MR) is 62.4 cm³/mol. The molecular formula is C11H18BNO. The molecule has 76 valence electrons. The molecule has 0 aromatic heterocycles. The maximum absolute atomic E-state index is 7.76. The SMILES string of the molecule is CB1CCc2ccccc21.CNCO. The largest absolute Gasteiger partial charge is 0.381 e. The maximum Gasteiger partial charge on any atom is 0.173 e. The molecule has 1 heterocycles. The monoisotopic (exact) mass is 191 g/mol. The highest BCUT2D eigenvalue weighted by atomic mass is 16.3. The highest BCUT2D eigenvalue weighted by Crippen LogP contribution is 2.12. The van der Waals surface area contributed by atoms with Crippen molar-refractivity contribution in [2.45, 2.75) is 19.6 Å². The van der Waals surface area contributed by atoms with E-state index in [1.54, 1.807) is 18.1 Å². The van der Waals surface area contributed by atoms with Gasteiger partial charge in [-0.2, -0.15) is 0 Å². The molecule has 0 radical (unpaired) electrons. The van der Waals surface area contributed by atoms with Gasteiger partial charge in [-0.05, 0) is 13.5 Å². The number of aliphatic hydroxyl groups is 1. The molecule has 14 heavy (non-hydrogen) atoms. The van der Waals surface area contributed by atoms with Crippen LogP contribution in [-0.4, -0.2) is 25.6 Å². The van der Waals surface area contributed by atoms with Crippen LogP contribution >= 0.6 is 0 Å². The van der Waals surface area contributed by atoms with Gasteiger partial charge in [-0.1, -0.05) is 48.4 Å². The molecule has 2 nitrogen and oxygen atoms in total. The molecule has 0 unspecified atom stereocenters. The molecule has 0 amide bonds. The fraction of sp³-hybridized carbons (Fsp3) is 0.455. The number of rotatable bonds is 1. The smallest absolute Gasteiger partial charge is 0.173 e. The second-order valence-electron chi connectivity index (χ2n) is 3.65. The van der Waals surface area contributed by atoms with E-state index in [4.69, 9.17) is 5.11 Å². The first-order valence-electron chi connectivity index (χ1n) is 5.12. The van der Waals surface area contributed by atoms with Gasteiger partial charge in [0.25, 0.3) is 0 Å². The third-order valence-electron chi connectivity index (χ3n) is 2.59. The van der Waals surface area contributed by atoms with Crippen LogP contribution in [0.1, 0.15) is 5.56 Å². The Kier molecular flexibility index (Phi) is 4.70. The number of benzene rings is 1. The summed E-state index contributed by atoms with van der Waals surface area (Å²) in [4.78, 5) is 0. The molecule has 0 saturated heterocycles. The zero-order valence-corrected chi connectivity index (χ0v) is 8.96. The standard InChI is InChI=1S/C9H11B.C2H7NO/c1-10-7-6-8-4-2-3-5-9(8)10;1-3-2-4/h2-5H,6-7H2,1H3;3-4H,2H2,1H3. The Morgan fingerprint density at radius 1 is 1.43 bits per heavy atom. The van der Waals surface area contributed by atoms with E-state index in [1.807, 2.05) is 0 Å². The zero-order valence-electron chi connectivity index (χ0n) is 8.96. The summed E-state index contributed by atoms with van der Waals surface area (Å²) in [6, 6.07) is 8.78. The van der Waals surface area contributed by atoms with E-state index < -0.39 is 0 Å². The molecule has 0 spiro atoms. The molecule has 0 fully saturated rings. The molecule has 1 aliphatic heterocycles. The van der Waals surface area contributed by atoms with Gasteiger partial charge >= 0.3 is 0 Å². The van der Waals surface area contributed by atoms with Crippen molar-refractivity contribution >= 4 is 12.2 Å². The molecular weight excluding hydrogens is 173 g/mol. The van der Waals surface area contributed by atoms with E-state index in [0.717, 1.165) is 6.71 Å². The van der Waals surface area contributed by atoms with Gasteiger partial charge in [0.2, 0.25) is 0 Å². The summed E-state index contributed by atoms with van der Waals surface area (Å²) >= 11 is 0. The minimum Gasteiger partial charge on any atom is -0.381 e. The lowest BCUT2D eigenvalue weighted by Gasteiger charge is -1.98. The molecule has 0 saturated carbocycles. The minimum atomic E-state index is 0.0694. The topological polar surface area (TPSA) is 32.3 Å². The number of nitrogens with one attached hydrogen (secondary N) is 1. The average Bonchev–Trinajstić information content (AvgIpc) is 2.62. The van der Waals surface area contributed by atoms with E-state index in [0.29, 0.717) is 0 Å². The summed E-state index contributed by atoms with van der Waals surface area (Å²) in [7, 11) is 1.68.